The number of nitrogens with zero attached hydrogens (tertiary/aromatic N) is 3. The highest BCUT2D eigenvalue weighted by Gasteiger charge is 2.16. The number of hydrogen-bond acceptors (Lipinski definition) is 4. The Hall–Kier alpha value is -2.63. The lowest BCUT2D eigenvalue weighted by molar-refractivity contribution is 0.477. The third-order valence-electron chi connectivity index (χ3n) is 4.00. The van der Waals surface area contributed by atoms with Gasteiger partial charge in [-0.25, -0.2) is 9.78 Å². The van der Waals surface area contributed by atoms with Gasteiger partial charge in [-0.15, -0.1) is 0 Å². The van der Waals surface area contributed by atoms with Crippen molar-refractivity contribution in [3.8, 4) is 0 Å². The second-order valence-electron chi connectivity index (χ2n) is 6.90. The van der Waals surface area contributed by atoms with Crippen molar-refractivity contribution in [3.63, 3.8) is 0 Å². The monoisotopic (exact) mass is 327 g/mol. The molecule has 126 valence electrons. The molecule has 0 saturated heterocycles. The van der Waals surface area contributed by atoms with E-state index in [-0.39, 0.29) is 16.7 Å². The van der Waals surface area contributed by atoms with Crippen molar-refractivity contribution < 1.29 is 4.42 Å². The summed E-state index contributed by atoms with van der Waals surface area (Å²) in [6, 6.07) is 8.91. The van der Waals surface area contributed by atoms with Crippen LogP contribution < -0.4 is 11.3 Å². The molecule has 0 fully saturated rings. The number of para-hydroxylation sites is 2. The molecule has 0 radical (unpaired) electrons. The Kier molecular flexibility index (Phi) is 4.13. The van der Waals surface area contributed by atoms with Gasteiger partial charge in [0.25, 0.3) is 5.56 Å². The molecule has 3 aromatic rings. The first-order valence-electron chi connectivity index (χ1n) is 8.01. The van der Waals surface area contributed by atoms with Crippen LogP contribution in [0, 0.1) is 0 Å². The van der Waals surface area contributed by atoms with Gasteiger partial charge in [-0.3, -0.25) is 13.9 Å². The van der Waals surface area contributed by atoms with Crippen molar-refractivity contribution in [3.05, 3.63) is 63.3 Å². The van der Waals surface area contributed by atoms with Gasteiger partial charge >= 0.3 is 5.76 Å². The van der Waals surface area contributed by atoms with Crippen molar-refractivity contribution in [1.29, 1.82) is 0 Å². The molecule has 0 saturated carbocycles. The summed E-state index contributed by atoms with van der Waals surface area (Å²) in [5, 5.41) is 0. The maximum atomic E-state index is 12.2. The van der Waals surface area contributed by atoms with Crippen LogP contribution in [0.5, 0.6) is 0 Å². The summed E-state index contributed by atoms with van der Waals surface area (Å²) in [5.41, 5.74) is 1.91. The fraction of sp³-hybridized carbons (Fsp3) is 0.389. The van der Waals surface area contributed by atoms with Crippen LogP contribution >= 0.6 is 0 Å². The molecule has 0 aliphatic carbocycles. The van der Waals surface area contributed by atoms with Gasteiger partial charge in [-0.05, 0) is 18.6 Å². The van der Waals surface area contributed by atoms with E-state index in [1.54, 1.807) is 27.6 Å². The third kappa shape index (κ3) is 3.18. The van der Waals surface area contributed by atoms with Crippen LogP contribution in [-0.2, 0) is 18.5 Å². The van der Waals surface area contributed by atoms with E-state index < -0.39 is 0 Å². The van der Waals surface area contributed by atoms with Gasteiger partial charge < -0.3 is 4.42 Å². The lowest BCUT2D eigenvalue weighted by Gasteiger charge is -2.17. The van der Waals surface area contributed by atoms with Crippen molar-refractivity contribution in [2.24, 2.45) is 0 Å². The molecule has 2 heterocycles. The molecular formula is C18H21N3O3. The summed E-state index contributed by atoms with van der Waals surface area (Å²) in [7, 11) is 0. The van der Waals surface area contributed by atoms with Gasteiger partial charge in [0, 0.05) is 24.6 Å². The quantitative estimate of drug-likeness (QED) is 0.738. The first kappa shape index (κ1) is 16.2. The first-order valence-corrected chi connectivity index (χ1v) is 8.01. The Morgan fingerprint density at radius 2 is 1.88 bits per heavy atom. The zero-order chi connectivity index (χ0) is 17.3. The van der Waals surface area contributed by atoms with E-state index in [0.29, 0.717) is 25.1 Å². The summed E-state index contributed by atoms with van der Waals surface area (Å²) in [4.78, 5) is 28.5. The molecule has 0 N–H and O–H groups in total. The molecule has 0 unspecified atom stereocenters. The fourth-order valence-corrected chi connectivity index (χ4v) is 2.63. The number of rotatable bonds is 4. The highest BCUT2D eigenvalue weighted by molar-refractivity contribution is 5.72. The lowest BCUT2D eigenvalue weighted by Crippen LogP contribution is -2.25. The second-order valence-corrected chi connectivity index (χ2v) is 6.90. The summed E-state index contributed by atoms with van der Waals surface area (Å²) < 4.78 is 8.37. The molecule has 0 aliphatic rings. The Bertz CT molecular complexity index is 973. The van der Waals surface area contributed by atoms with Gasteiger partial charge in [0.15, 0.2) is 5.58 Å². The van der Waals surface area contributed by atoms with Gasteiger partial charge in [0.1, 0.15) is 0 Å². The average Bonchev–Trinajstić information content (AvgIpc) is 2.84. The zero-order valence-electron chi connectivity index (χ0n) is 14.2. The number of hydrogen-bond donors (Lipinski definition) is 0. The normalized spacial score (nSPS) is 12.0. The molecular weight excluding hydrogens is 306 g/mol. The highest BCUT2D eigenvalue weighted by atomic mass is 16.4. The Morgan fingerprint density at radius 1 is 1.12 bits per heavy atom. The van der Waals surface area contributed by atoms with Gasteiger partial charge in [0.2, 0.25) is 0 Å². The molecule has 0 amide bonds. The van der Waals surface area contributed by atoms with Crippen LogP contribution in [-0.4, -0.2) is 14.1 Å². The molecule has 0 aliphatic heterocycles. The van der Waals surface area contributed by atoms with Gasteiger partial charge in [-0.1, -0.05) is 32.9 Å². The Labute approximate surface area is 139 Å². The van der Waals surface area contributed by atoms with Crippen molar-refractivity contribution in [2.75, 3.05) is 0 Å². The minimum absolute atomic E-state index is 0.0701. The summed E-state index contributed by atoms with van der Waals surface area (Å²) in [6.45, 7) is 7.06. The molecule has 1 aromatic carbocycles. The predicted molar refractivity (Wildman–Crippen MR) is 92.3 cm³/mol. The number of fused-ring (bicyclic) bond motifs is 1. The SMILES string of the molecule is CC(C)(C)c1cc(=O)n(CCCn2c(=O)oc3ccccc32)cn1. The predicted octanol–water partition coefficient (Wildman–Crippen LogP) is 2.54. The fourth-order valence-electron chi connectivity index (χ4n) is 2.63. The highest BCUT2D eigenvalue weighted by Crippen LogP contribution is 2.17. The van der Waals surface area contributed by atoms with Crippen LogP contribution in [0.25, 0.3) is 11.1 Å². The van der Waals surface area contributed by atoms with E-state index in [1.807, 2.05) is 39.0 Å². The average molecular weight is 327 g/mol. The third-order valence-corrected chi connectivity index (χ3v) is 4.00. The maximum absolute atomic E-state index is 12.2. The minimum Gasteiger partial charge on any atom is -0.408 e. The van der Waals surface area contributed by atoms with E-state index in [0.717, 1.165) is 11.2 Å². The van der Waals surface area contributed by atoms with E-state index in [4.69, 9.17) is 4.42 Å². The van der Waals surface area contributed by atoms with E-state index in [1.165, 1.54) is 0 Å². The number of aromatic nitrogens is 3. The molecule has 0 spiro atoms. The van der Waals surface area contributed by atoms with E-state index in [9.17, 15) is 9.59 Å². The lowest BCUT2D eigenvalue weighted by atomic mass is 9.92. The van der Waals surface area contributed by atoms with Gasteiger partial charge in [-0.2, -0.15) is 0 Å². The molecule has 0 atom stereocenters. The minimum atomic E-state index is -0.371. The Morgan fingerprint density at radius 3 is 2.58 bits per heavy atom. The largest absolute Gasteiger partial charge is 0.419 e. The Balaban J connectivity index is 1.74. The summed E-state index contributed by atoms with van der Waals surface area (Å²) >= 11 is 0. The zero-order valence-corrected chi connectivity index (χ0v) is 14.2. The molecule has 24 heavy (non-hydrogen) atoms. The number of benzene rings is 1. The van der Waals surface area contributed by atoms with E-state index >= 15 is 0 Å². The molecule has 2 aromatic heterocycles. The van der Waals surface area contributed by atoms with Crippen LogP contribution in [0.3, 0.4) is 0 Å². The van der Waals surface area contributed by atoms with E-state index in [2.05, 4.69) is 4.98 Å². The number of oxazole rings is 1. The van der Waals surface area contributed by atoms with Crippen LogP contribution in [0.1, 0.15) is 32.9 Å². The maximum Gasteiger partial charge on any atom is 0.419 e. The van der Waals surface area contributed by atoms with Crippen molar-refractivity contribution in [2.45, 2.75) is 45.7 Å². The smallest absolute Gasteiger partial charge is 0.408 e. The molecule has 0 bridgehead atoms. The van der Waals surface area contributed by atoms with Crippen LogP contribution in [0.2, 0.25) is 0 Å². The summed E-state index contributed by atoms with van der Waals surface area (Å²) in [5.74, 6) is -0.371. The number of aryl methyl sites for hydroxylation is 2. The van der Waals surface area contributed by atoms with Crippen LogP contribution in [0.4, 0.5) is 0 Å². The molecule has 6 heteroatoms. The van der Waals surface area contributed by atoms with Crippen molar-refractivity contribution in [1.82, 2.24) is 14.1 Å². The molecule has 3 rings (SSSR count). The van der Waals surface area contributed by atoms with Gasteiger partial charge in [0.05, 0.1) is 17.5 Å². The first-order chi connectivity index (χ1) is 11.4. The van der Waals surface area contributed by atoms with Crippen LogP contribution in [0.15, 0.2) is 50.7 Å². The molecule has 6 nitrogen and oxygen atoms in total. The topological polar surface area (TPSA) is 70.0 Å². The van der Waals surface area contributed by atoms with Crippen molar-refractivity contribution >= 4 is 11.1 Å². The summed E-state index contributed by atoms with van der Waals surface area (Å²) in [6.07, 6.45) is 2.22. The standard InChI is InChI=1S/C18H21N3O3/c1-18(2,3)15-11-16(22)20(12-19-15)9-6-10-21-13-7-4-5-8-14(13)24-17(21)23/h4-5,7-8,11-12H,6,9-10H2,1-3H3. The second kappa shape index (κ2) is 6.11.